The van der Waals surface area contributed by atoms with Gasteiger partial charge in [-0.2, -0.15) is 0 Å². The van der Waals surface area contributed by atoms with E-state index in [4.69, 9.17) is 71.4 Å². The largest absolute Gasteiger partial charge is 0.456 e. The lowest BCUT2D eigenvalue weighted by atomic mass is 9.96. The van der Waals surface area contributed by atoms with Gasteiger partial charge in [0.2, 0.25) is 0 Å². The quantitative estimate of drug-likeness (QED) is 0.111. The van der Waals surface area contributed by atoms with Crippen molar-refractivity contribution in [1.29, 1.82) is 0 Å². The Morgan fingerprint density at radius 1 is 0.153 bits per heavy atom. The van der Waals surface area contributed by atoms with E-state index >= 15 is 0 Å². The van der Waals surface area contributed by atoms with Crippen molar-refractivity contribution in [2.45, 2.75) is 0 Å². The van der Waals surface area contributed by atoms with E-state index in [0.717, 1.165) is 248 Å². The fraction of sp³-hybridized carbons (Fsp3) is 0. The minimum Gasteiger partial charge on any atom is -0.456 e. The number of aromatic nitrogens is 12. The van der Waals surface area contributed by atoms with Crippen LogP contribution in [0.15, 0.2) is 464 Å². The van der Waals surface area contributed by atoms with Crippen molar-refractivity contribution in [2.24, 2.45) is 0 Å². The molecule has 30 aromatic rings. The van der Waals surface area contributed by atoms with Gasteiger partial charge in [-0.05, 0) is 137 Å². The monoisotopic (exact) mass is 1850 g/mol. The molecule has 0 saturated heterocycles. The second-order valence-corrected chi connectivity index (χ2v) is 35.6. The highest BCUT2D eigenvalue weighted by atomic mass is 16.4. The van der Waals surface area contributed by atoms with E-state index in [-0.39, 0.29) is 0 Å². The maximum Gasteiger partial charge on any atom is 0.164 e. The molecule has 0 bridgehead atoms. The van der Waals surface area contributed by atoms with Gasteiger partial charge in [0.05, 0.1) is 5.52 Å². The van der Waals surface area contributed by atoms with Gasteiger partial charge in [-0.15, -0.1) is 0 Å². The van der Waals surface area contributed by atoms with Gasteiger partial charge >= 0.3 is 0 Å². The van der Waals surface area contributed by atoms with Crippen molar-refractivity contribution in [3.63, 3.8) is 0 Å². The third kappa shape index (κ3) is 14.4. The number of nitrogens with zero attached hydrogens (tertiary/aromatic N) is 12. The van der Waals surface area contributed by atoms with Crippen LogP contribution in [0.25, 0.3) is 300 Å². The molecule has 0 spiro atoms. The summed E-state index contributed by atoms with van der Waals surface area (Å²) in [4.78, 5) is 59.0. The van der Waals surface area contributed by atoms with Gasteiger partial charge in [0.25, 0.3) is 0 Å². The Hall–Kier alpha value is -20.0. The Morgan fingerprint density at radius 3 is 0.792 bits per heavy atom. The molecule has 12 heterocycles. The lowest BCUT2D eigenvalue weighted by Crippen LogP contribution is -2.00. The molecule has 0 amide bonds. The minimum atomic E-state index is 0.551. The molecule has 0 aliphatic carbocycles. The van der Waals surface area contributed by atoms with E-state index in [1.54, 1.807) is 6.20 Å². The van der Waals surface area contributed by atoms with Crippen LogP contribution >= 0.6 is 0 Å². The zero-order valence-corrected chi connectivity index (χ0v) is 76.4. The van der Waals surface area contributed by atoms with Crippen LogP contribution in [0.5, 0.6) is 0 Å². The van der Waals surface area contributed by atoms with Crippen molar-refractivity contribution >= 4 is 164 Å². The van der Waals surface area contributed by atoms with Gasteiger partial charge in [-0.1, -0.05) is 297 Å². The number of fused-ring (bicyclic) bond motifs is 21. The van der Waals surface area contributed by atoms with Crippen LogP contribution in [-0.4, -0.2) is 59.8 Å². The molecule has 12 aromatic heterocycles. The third-order valence-electron chi connectivity index (χ3n) is 26.9. The van der Waals surface area contributed by atoms with Gasteiger partial charge < -0.3 is 26.5 Å². The molecule has 672 valence electrons. The molecule has 18 aromatic carbocycles. The first kappa shape index (κ1) is 82.3. The minimum absolute atomic E-state index is 0.551. The number of para-hydroxylation sites is 6. The molecule has 0 aliphatic heterocycles. The lowest BCUT2D eigenvalue weighted by molar-refractivity contribution is 0.667. The summed E-state index contributed by atoms with van der Waals surface area (Å²) in [5, 5.41) is 17.3. The maximum absolute atomic E-state index is 6.66. The summed E-state index contributed by atoms with van der Waals surface area (Å²) in [7, 11) is 0. The van der Waals surface area contributed by atoms with E-state index in [1.807, 2.05) is 286 Å². The number of benzene rings is 18. The Labute approximate surface area is 818 Å². The first-order valence-corrected chi connectivity index (χ1v) is 47.4. The zero-order valence-electron chi connectivity index (χ0n) is 76.4. The van der Waals surface area contributed by atoms with Gasteiger partial charge in [0, 0.05) is 179 Å². The Morgan fingerprint density at radius 2 is 0.438 bits per heavy atom. The van der Waals surface area contributed by atoms with E-state index in [1.165, 1.54) is 0 Å². The highest BCUT2D eigenvalue weighted by molar-refractivity contribution is 6.22. The highest BCUT2D eigenvalue weighted by Gasteiger charge is 2.29. The number of rotatable bonds is 12. The summed E-state index contributed by atoms with van der Waals surface area (Å²) >= 11 is 0. The molecule has 0 saturated carbocycles. The second-order valence-electron chi connectivity index (χ2n) is 35.6. The molecule has 0 unspecified atom stereocenters. The summed E-state index contributed by atoms with van der Waals surface area (Å²) in [6, 6.07) is 137. The first-order valence-electron chi connectivity index (χ1n) is 47.4. The highest BCUT2D eigenvalue weighted by Crippen LogP contribution is 2.50. The number of pyridine rings is 3. The Balaban J connectivity index is 0.000000105. The molecule has 144 heavy (non-hydrogen) atoms. The molecule has 0 atom stereocenters. The van der Waals surface area contributed by atoms with Crippen LogP contribution in [0.3, 0.4) is 0 Å². The van der Waals surface area contributed by atoms with Crippen molar-refractivity contribution in [3.8, 4) is 136 Å². The van der Waals surface area contributed by atoms with E-state index in [0.29, 0.717) is 52.4 Å². The van der Waals surface area contributed by atoms with Crippen molar-refractivity contribution in [3.05, 3.63) is 437 Å². The molecule has 18 heteroatoms. The maximum atomic E-state index is 6.66. The van der Waals surface area contributed by atoms with Gasteiger partial charge in [0.1, 0.15) is 67.0 Å². The van der Waals surface area contributed by atoms with E-state index in [9.17, 15) is 0 Å². The van der Waals surface area contributed by atoms with Crippen LogP contribution in [0.1, 0.15) is 0 Å². The lowest BCUT2D eigenvalue weighted by Gasteiger charge is -2.11. The van der Waals surface area contributed by atoms with Gasteiger partial charge in [-0.3, -0.25) is 15.0 Å². The van der Waals surface area contributed by atoms with Crippen LogP contribution < -0.4 is 0 Å². The van der Waals surface area contributed by atoms with Crippen LogP contribution in [0.2, 0.25) is 0 Å². The Kier molecular flexibility index (Phi) is 19.4. The summed E-state index contributed by atoms with van der Waals surface area (Å²) in [5.74, 6) is 5.25. The molecule has 0 radical (unpaired) electrons. The summed E-state index contributed by atoms with van der Waals surface area (Å²) in [6.45, 7) is 0. The normalized spacial score (nSPS) is 11.8. The second kappa shape index (κ2) is 34.0. The number of furan rings is 6. The van der Waals surface area contributed by atoms with Gasteiger partial charge in [0.15, 0.2) is 52.4 Å². The summed E-state index contributed by atoms with van der Waals surface area (Å²) in [5.41, 5.74) is 24.1. The fourth-order valence-electron chi connectivity index (χ4n) is 20.2. The number of hydrogen-bond acceptors (Lipinski definition) is 18. The van der Waals surface area contributed by atoms with Crippen LogP contribution in [-0.2, 0) is 0 Å². The predicted octanol–water partition coefficient (Wildman–Crippen LogP) is 32.7. The van der Waals surface area contributed by atoms with Crippen molar-refractivity contribution in [1.82, 2.24) is 59.8 Å². The third-order valence-corrected chi connectivity index (χ3v) is 26.9. The number of hydrogen-bond donors (Lipinski definition) is 0. The smallest absolute Gasteiger partial charge is 0.164 e. The van der Waals surface area contributed by atoms with E-state index in [2.05, 4.69) is 161 Å². The summed E-state index contributed by atoms with van der Waals surface area (Å²) < 4.78 is 39.4. The van der Waals surface area contributed by atoms with Gasteiger partial charge in [-0.25, -0.2) is 44.9 Å². The molecule has 30 rings (SSSR count). The summed E-state index contributed by atoms with van der Waals surface area (Å²) in [6.07, 6.45) is 9.17. The van der Waals surface area contributed by atoms with Crippen LogP contribution in [0, 0.1) is 0 Å². The average Bonchev–Trinajstić information content (AvgIpc) is 1.58. The fourth-order valence-corrected chi connectivity index (χ4v) is 20.2. The van der Waals surface area contributed by atoms with Crippen molar-refractivity contribution in [2.75, 3.05) is 0 Å². The zero-order chi connectivity index (χ0) is 94.8. The van der Waals surface area contributed by atoms with Crippen LogP contribution in [0.4, 0.5) is 0 Å². The predicted molar refractivity (Wildman–Crippen MR) is 574 cm³/mol. The average molecular weight is 1850 g/mol. The first-order chi connectivity index (χ1) is 71.3. The molecule has 18 nitrogen and oxygen atoms in total. The molecular formula is C126H72N12O6. The van der Waals surface area contributed by atoms with E-state index < -0.39 is 0 Å². The SMILES string of the molecule is c1ccc(-c2nc(-c3ccccc3)nc(-c3cc(-c4cccc5c4oc4ccccc45)cc4oc5cc6cccnc6cc5c34)n2)cc1.c1ccc(-c2nc(-c3ccccc3)nc(-c3cc(-c4cccc5c4oc4ccccc45)cc4oc5cc6ccncc6cc5c34)n2)cc1.c1ccc(-c2nc(-c3ccccc3)nc(-c3cc(-c4cccc5c4oc4ccccc45)cc4oc5cc6cnccc6cc5c34)n2)cc1. The van der Waals surface area contributed by atoms with Crippen molar-refractivity contribution < 1.29 is 26.5 Å². The Bertz CT molecular complexity index is 9280. The standard InChI is InChI=1S/3C42H24N4O2/c1-3-11-25(12-4-1)40-44-41(26-13-5-2-6-14-26)46-42(45-40)33-21-28(29-17-9-18-31-30-16-7-8-19-35(30)48-39(29)31)23-37-38(33)32-24-34-27(15-10-20-43-34)22-36(32)47-37;1-3-10-25(11-4-1)40-44-41(26-12-5-2-6-13-26)46-42(45-40)34-20-28(30-15-9-16-32-31-14-7-8-17-35(31)48-39(30)32)23-37-38(34)33-21-29-24-43-19-18-27(29)22-36(33)47-37;1-3-10-25(11-4-1)40-44-41(26-12-5-2-6-13-26)46-42(45-40)34-21-28(30-15-9-16-32-31-14-7-8-17-35(31)48-39(30)32)22-37-38(34)33-20-27-18-19-43-24-29(27)23-36(33)47-37/h3*1-24H. The molecule has 0 N–H and O–H groups in total. The topological polar surface area (TPSA) is 234 Å². The molecule has 0 fully saturated rings. The molecular weight excluding hydrogens is 1780 g/mol. The molecule has 0 aliphatic rings.